The summed E-state index contributed by atoms with van der Waals surface area (Å²) in [6, 6.07) is 12.4. The van der Waals surface area contributed by atoms with Gasteiger partial charge in [0, 0.05) is 6.92 Å². The maximum atomic E-state index is 12.4. The molecular weight excluding hydrogens is 276 g/mol. The van der Waals surface area contributed by atoms with Crippen molar-refractivity contribution < 1.29 is 17.9 Å². The second kappa shape index (κ2) is 5.46. The van der Waals surface area contributed by atoms with Gasteiger partial charge in [-0.05, 0) is 43.3 Å². The Morgan fingerprint density at radius 2 is 1.35 bits per heavy atom. The highest BCUT2D eigenvalue weighted by Crippen LogP contribution is 2.23. The van der Waals surface area contributed by atoms with Gasteiger partial charge >= 0.3 is 5.97 Å². The third-order valence-corrected chi connectivity index (χ3v) is 4.51. The van der Waals surface area contributed by atoms with E-state index < -0.39 is 15.8 Å². The topological polar surface area (TPSA) is 60.4 Å². The van der Waals surface area contributed by atoms with E-state index in [0.717, 1.165) is 5.56 Å². The molecule has 104 valence electrons. The number of sulfone groups is 1. The number of ether oxygens (including phenoxy) is 1. The fourth-order valence-corrected chi connectivity index (χ4v) is 2.97. The summed E-state index contributed by atoms with van der Waals surface area (Å²) in [6.07, 6.45) is 0. The Bertz CT molecular complexity index is 713. The molecule has 0 saturated heterocycles. The van der Waals surface area contributed by atoms with Crippen LogP contribution in [-0.4, -0.2) is 14.4 Å². The molecule has 0 fully saturated rings. The summed E-state index contributed by atoms with van der Waals surface area (Å²) < 4.78 is 29.6. The van der Waals surface area contributed by atoms with Crippen molar-refractivity contribution in [1.29, 1.82) is 0 Å². The van der Waals surface area contributed by atoms with Crippen LogP contribution in [-0.2, 0) is 14.6 Å². The van der Waals surface area contributed by atoms with Gasteiger partial charge in [-0.1, -0.05) is 17.7 Å². The Labute approximate surface area is 117 Å². The molecule has 2 aromatic rings. The number of hydrogen-bond donors (Lipinski definition) is 0. The Balaban J connectivity index is 2.34. The highest BCUT2D eigenvalue weighted by atomic mass is 32.2. The first kappa shape index (κ1) is 14.3. The summed E-state index contributed by atoms with van der Waals surface area (Å²) >= 11 is 0. The molecule has 0 spiro atoms. The zero-order valence-electron chi connectivity index (χ0n) is 11.2. The molecule has 20 heavy (non-hydrogen) atoms. The lowest BCUT2D eigenvalue weighted by Crippen LogP contribution is -2.04. The summed E-state index contributed by atoms with van der Waals surface area (Å²) in [5.41, 5.74) is 0.995. The van der Waals surface area contributed by atoms with Crippen molar-refractivity contribution in [2.24, 2.45) is 0 Å². The Kier molecular flexibility index (Phi) is 3.90. The Hall–Kier alpha value is -2.14. The molecule has 4 nitrogen and oxygen atoms in total. The molecule has 0 heterocycles. The lowest BCUT2D eigenvalue weighted by atomic mass is 10.2. The number of rotatable bonds is 3. The van der Waals surface area contributed by atoms with Gasteiger partial charge in [-0.3, -0.25) is 4.79 Å². The third-order valence-electron chi connectivity index (χ3n) is 2.73. The number of esters is 1. The van der Waals surface area contributed by atoms with Gasteiger partial charge in [0.1, 0.15) is 5.75 Å². The van der Waals surface area contributed by atoms with Crippen molar-refractivity contribution in [3.05, 3.63) is 54.1 Å². The molecule has 0 amide bonds. The minimum atomic E-state index is -3.54. The molecule has 0 aliphatic carbocycles. The van der Waals surface area contributed by atoms with Gasteiger partial charge in [0.25, 0.3) is 0 Å². The maximum absolute atomic E-state index is 12.4. The van der Waals surface area contributed by atoms with Crippen molar-refractivity contribution in [2.75, 3.05) is 0 Å². The first-order valence-electron chi connectivity index (χ1n) is 6.00. The van der Waals surface area contributed by atoms with Crippen LogP contribution >= 0.6 is 0 Å². The monoisotopic (exact) mass is 290 g/mol. The second-order valence-corrected chi connectivity index (χ2v) is 6.33. The Morgan fingerprint density at radius 3 is 1.80 bits per heavy atom. The van der Waals surface area contributed by atoms with E-state index >= 15 is 0 Å². The van der Waals surface area contributed by atoms with E-state index in [1.807, 2.05) is 6.92 Å². The van der Waals surface area contributed by atoms with Gasteiger partial charge in [0.15, 0.2) is 0 Å². The molecule has 0 aromatic heterocycles. The number of carbonyl (C=O) groups is 1. The molecular formula is C15H14O4S. The summed E-state index contributed by atoms with van der Waals surface area (Å²) in [5.74, 6) is -0.125. The van der Waals surface area contributed by atoms with Crippen molar-refractivity contribution >= 4 is 15.8 Å². The SMILES string of the molecule is CC(=O)Oc1ccc(S(=O)(=O)c2ccc(C)cc2)cc1. The van der Waals surface area contributed by atoms with Crippen molar-refractivity contribution in [2.45, 2.75) is 23.6 Å². The lowest BCUT2D eigenvalue weighted by molar-refractivity contribution is -0.131. The van der Waals surface area contributed by atoms with Crippen molar-refractivity contribution in [3.63, 3.8) is 0 Å². The minimum absolute atomic E-state index is 0.164. The molecule has 0 saturated carbocycles. The van der Waals surface area contributed by atoms with Gasteiger partial charge in [-0.15, -0.1) is 0 Å². The van der Waals surface area contributed by atoms with Crippen molar-refractivity contribution in [3.8, 4) is 5.75 Å². The van der Waals surface area contributed by atoms with E-state index in [1.54, 1.807) is 24.3 Å². The summed E-state index contributed by atoms with van der Waals surface area (Å²) in [6.45, 7) is 3.18. The van der Waals surface area contributed by atoms with Crippen LogP contribution in [0, 0.1) is 6.92 Å². The molecule has 0 atom stereocenters. The van der Waals surface area contributed by atoms with Crippen LogP contribution in [0.4, 0.5) is 0 Å². The lowest BCUT2D eigenvalue weighted by Gasteiger charge is -2.06. The fraction of sp³-hybridized carbons (Fsp3) is 0.133. The quantitative estimate of drug-likeness (QED) is 0.644. The molecule has 2 rings (SSSR count). The standard InChI is InChI=1S/C15H14O4S/c1-11-3-7-14(8-4-11)20(17,18)15-9-5-13(6-10-15)19-12(2)16/h3-10H,1-2H3. The predicted octanol–water partition coefficient (Wildman–Crippen LogP) is 2.75. The predicted molar refractivity (Wildman–Crippen MR) is 74.4 cm³/mol. The molecule has 0 N–H and O–H groups in total. The third kappa shape index (κ3) is 3.05. The van der Waals surface area contributed by atoms with Gasteiger partial charge in [-0.25, -0.2) is 8.42 Å². The number of aryl methyl sites for hydroxylation is 1. The first-order valence-corrected chi connectivity index (χ1v) is 7.48. The smallest absolute Gasteiger partial charge is 0.308 e. The van der Waals surface area contributed by atoms with Gasteiger partial charge in [0.2, 0.25) is 9.84 Å². The number of benzene rings is 2. The van der Waals surface area contributed by atoms with Crippen LogP contribution in [0.15, 0.2) is 58.3 Å². The van der Waals surface area contributed by atoms with Crippen LogP contribution in [0.5, 0.6) is 5.75 Å². The average molecular weight is 290 g/mol. The normalized spacial score (nSPS) is 11.1. The maximum Gasteiger partial charge on any atom is 0.308 e. The number of carbonyl (C=O) groups excluding carboxylic acids is 1. The van der Waals surface area contributed by atoms with Crippen LogP contribution in [0.3, 0.4) is 0 Å². The molecule has 0 radical (unpaired) electrons. The van der Waals surface area contributed by atoms with E-state index in [0.29, 0.717) is 5.75 Å². The molecule has 0 bridgehead atoms. The summed E-state index contributed by atoms with van der Waals surface area (Å²) in [5, 5.41) is 0. The largest absolute Gasteiger partial charge is 0.427 e. The van der Waals surface area contributed by atoms with Crippen LogP contribution < -0.4 is 4.74 Å². The van der Waals surface area contributed by atoms with Gasteiger partial charge in [0.05, 0.1) is 9.79 Å². The van der Waals surface area contributed by atoms with Crippen LogP contribution in [0.2, 0.25) is 0 Å². The molecule has 2 aromatic carbocycles. The zero-order chi connectivity index (χ0) is 14.8. The van der Waals surface area contributed by atoms with Crippen LogP contribution in [0.1, 0.15) is 12.5 Å². The summed E-state index contributed by atoms with van der Waals surface area (Å²) in [7, 11) is -3.54. The van der Waals surface area contributed by atoms with E-state index in [4.69, 9.17) is 4.74 Å². The van der Waals surface area contributed by atoms with E-state index in [2.05, 4.69) is 0 Å². The van der Waals surface area contributed by atoms with Gasteiger partial charge < -0.3 is 4.74 Å². The molecule has 0 aliphatic rings. The van der Waals surface area contributed by atoms with Crippen molar-refractivity contribution in [1.82, 2.24) is 0 Å². The highest BCUT2D eigenvalue weighted by molar-refractivity contribution is 7.91. The van der Waals surface area contributed by atoms with Gasteiger partial charge in [-0.2, -0.15) is 0 Å². The van der Waals surface area contributed by atoms with E-state index in [1.165, 1.54) is 31.2 Å². The number of hydrogen-bond acceptors (Lipinski definition) is 4. The van der Waals surface area contributed by atoms with E-state index in [-0.39, 0.29) is 9.79 Å². The van der Waals surface area contributed by atoms with E-state index in [9.17, 15) is 13.2 Å². The second-order valence-electron chi connectivity index (χ2n) is 4.38. The first-order chi connectivity index (χ1) is 9.39. The minimum Gasteiger partial charge on any atom is -0.427 e. The zero-order valence-corrected chi connectivity index (χ0v) is 12.0. The molecule has 0 aliphatic heterocycles. The average Bonchev–Trinajstić information content (AvgIpc) is 2.39. The van der Waals surface area contributed by atoms with Crippen LogP contribution in [0.25, 0.3) is 0 Å². The molecule has 0 unspecified atom stereocenters. The summed E-state index contributed by atoms with van der Waals surface area (Å²) in [4.78, 5) is 11.2. The molecule has 5 heteroatoms. The fourth-order valence-electron chi connectivity index (χ4n) is 1.71. The highest BCUT2D eigenvalue weighted by Gasteiger charge is 2.17. The Morgan fingerprint density at radius 1 is 0.900 bits per heavy atom.